The van der Waals surface area contributed by atoms with Gasteiger partial charge in [0.2, 0.25) is 0 Å². The molecule has 2 N–H and O–H groups in total. The number of phenolic OH excluding ortho intramolecular Hbond substituents is 1. The van der Waals surface area contributed by atoms with Crippen LogP contribution < -0.4 is 17.3 Å². The molecule has 1 aliphatic rings. The maximum atomic E-state index is 10.3. The summed E-state index contributed by atoms with van der Waals surface area (Å²) in [6.07, 6.45) is 3.76. The maximum Gasteiger partial charge on any atom is 0.174 e. The van der Waals surface area contributed by atoms with Crippen LogP contribution in [0.15, 0.2) is 48.5 Å². The molecule has 0 amide bonds. The number of quaternary nitrogens is 1. The van der Waals surface area contributed by atoms with Crippen LogP contribution in [-0.4, -0.2) is 52.7 Å². The summed E-state index contributed by atoms with van der Waals surface area (Å²) < 4.78 is 7.32. The van der Waals surface area contributed by atoms with Gasteiger partial charge in [-0.05, 0) is 35.9 Å². The maximum absolute atomic E-state index is 10.3. The summed E-state index contributed by atoms with van der Waals surface area (Å²) in [5.74, 6) is 1.44. The Morgan fingerprint density at radius 1 is 1.07 bits per heavy atom. The van der Waals surface area contributed by atoms with E-state index >= 15 is 0 Å². The molecule has 0 unspecified atom stereocenters. The molecule has 1 fully saturated rings. The van der Waals surface area contributed by atoms with Crippen LogP contribution in [-0.2, 0) is 11.3 Å². The number of hydrogen-bond donors (Lipinski definition) is 2. The van der Waals surface area contributed by atoms with Crippen molar-refractivity contribution in [1.82, 2.24) is 14.8 Å². The van der Waals surface area contributed by atoms with Gasteiger partial charge >= 0.3 is 0 Å². The molecule has 0 spiro atoms. The zero-order chi connectivity index (χ0) is 20.1. The normalized spacial score (nSPS) is 14.7. The summed E-state index contributed by atoms with van der Waals surface area (Å²) >= 11 is 6.24. The molecular weight excluding hydrogens is 423 g/mol. The standard InChI is InChI=1S/C22H23ClN4O2.ClH/c23-19-7-3-1-5-17(19)9-10-21-24-22(18-6-2-4-8-20(18)28)27(25-21)12-11-26-13-15-29-16-14-26;/h1-10,28H,11-16H2;1H/b10-9+;. The Morgan fingerprint density at radius 3 is 2.57 bits per heavy atom. The van der Waals surface area contributed by atoms with Crippen LogP contribution in [0.3, 0.4) is 0 Å². The summed E-state index contributed by atoms with van der Waals surface area (Å²) in [6, 6.07) is 14.9. The van der Waals surface area contributed by atoms with E-state index in [1.165, 1.54) is 4.90 Å². The van der Waals surface area contributed by atoms with Gasteiger partial charge in [-0.2, -0.15) is 5.10 Å². The molecule has 2 heterocycles. The number of hydrogen-bond acceptors (Lipinski definition) is 4. The summed E-state index contributed by atoms with van der Waals surface area (Å²) in [5, 5.41) is 15.7. The lowest BCUT2D eigenvalue weighted by Crippen LogP contribution is -3.14. The van der Waals surface area contributed by atoms with Gasteiger partial charge in [0.1, 0.15) is 18.8 Å². The number of aromatic hydroxyl groups is 1. The molecule has 0 radical (unpaired) electrons. The Hall–Kier alpha value is -2.38. The van der Waals surface area contributed by atoms with E-state index in [4.69, 9.17) is 16.3 Å². The van der Waals surface area contributed by atoms with Crippen LogP contribution in [0, 0.1) is 0 Å². The molecule has 8 heteroatoms. The minimum atomic E-state index is 0. The van der Waals surface area contributed by atoms with Crippen molar-refractivity contribution in [3.05, 3.63) is 64.9 Å². The minimum Gasteiger partial charge on any atom is -1.00 e. The van der Waals surface area contributed by atoms with Gasteiger partial charge in [-0.25, -0.2) is 9.67 Å². The van der Waals surface area contributed by atoms with E-state index < -0.39 is 0 Å². The summed E-state index contributed by atoms with van der Waals surface area (Å²) in [4.78, 5) is 6.17. The highest BCUT2D eigenvalue weighted by atomic mass is 35.5. The molecule has 158 valence electrons. The Morgan fingerprint density at radius 2 is 1.80 bits per heavy atom. The van der Waals surface area contributed by atoms with E-state index in [1.807, 2.05) is 53.2 Å². The van der Waals surface area contributed by atoms with Crippen molar-refractivity contribution in [2.45, 2.75) is 6.54 Å². The number of benzene rings is 2. The third-order valence-corrected chi connectivity index (χ3v) is 5.37. The molecule has 0 bridgehead atoms. The lowest BCUT2D eigenvalue weighted by molar-refractivity contribution is -0.908. The fourth-order valence-electron chi connectivity index (χ4n) is 3.40. The molecule has 1 aromatic heterocycles. The zero-order valence-corrected chi connectivity index (χ0v) is 18.0. The van der Waals surface area contributed by atoms with Gasteiger partial charge in [0.05, 0.1) is 31.9 Å². The van der Waals surface area contributed by atoms with Crippen LogP contribution in [0.2, 0.25) is 5.02 Å². The number of rotatable bonds is 6. The monoisotopic (exact) mass is 446 g/mol. The number of morpholine rings is 1. The first-order valence-corrected chi connectivity index (χ1v) is 10.2. The van der Waals surface area contributed by atoms with Crippen molar-refractivity contribution in [3.63, 3.8) is 0 Å². The van der Waals surface area contributed by atoms with Crippen molar-refractivity contribution >= 4 is 23.8 Å². The molecule has 2 aromatic carbocycles. The minimum absolute atomic E-state index is 0. The van der Waals surface area contributed by atoms with Gasteiger partial charge in [-0.15, -0.1) is 0 Å². The Bertz CT molecular complexity index is 1000. The Labute approximate surface area is 187 Å². The van der Waals surface area contributed by atoms with Crippen LogP contribution in [0.4, 0.5) is 0 Å². The van der Waals surface area contributed by atoms with Crippen LogP contribution in [0.1, 0.15) is 11.4 Å². The largest absolute Gasteiger partial charge is 1.00 e. The number of para-hydroxylation sites is 1. The summed E-state index contributed by atoms with van der Waals surface area (Å²) in [7, 11) is 0. The molecule has 3 aromatic rings. The fourth-order valence-corrected chi connectivity index (χ4v) is 3.60. The predicted molar refractivity (Wildman–Crippen MR) is 114 cm³/mol. The van der Waals surface area contributed by atoms with Crippen molar-refractivity contribution in [1.29, 1.82) is 0 Å². The first-order chi connectivity index (χ1) is 14.2. The van der Waals surface area contributed by atoms with E-state index in [9.17, 15) is 5.11 Å². The number of nitrogens with one attached hydrogen (secondary N) is 1. The predicted octanol–water partition coefficient (Wildman–Crippen LogP) is -0.606. The smallest absolute Gasteiger partial charge is 0.174 e. The molecule has 30 heavy (non-hydrogen) atoms. The second-order valence-electron chi connectivity index (χ2n) is 7.00. The molecule has 4 rings (SSSR count). The van der Waals surface area contributed by atoms with Gasteiger partial charge in [-0.3, -0.25) is 0 Å². The molecule has 1 saturated heterocycles. The second-order valence-corrected chi connectivity index (χ2v) is 7.41. The molecule has 0 saturated carbocycles. The van der Waals surface area contributed by atoms with E-state index in [1.54, 1.807) is 12.1 Å². The van der Waals surface area contributed by atoms with E-state index in [-0.39, 0.29) is 18.2 Å². The number of nitrogens with zero attached hydrogens (tertiary/aromatic N) is 3. The molecule has 1 aliphatic heterocycles. The lowest BCUT2D eigenvalue weighted by atomic mass is 10.2. The van der Waals surface area contributed by atoms with Crippen LogP contribution in [0.25, 0.3) is 23.5 Å². The van der Waals surface area contributed by atoms with Crippen LogP contribution in [0.5, 0.6) is 5.75 Å². The first-order valence-electron chi connectivity index (χ1n) is 9.78. The van der Waals surface area contributed by atoms with E-state index in [2.05, 4.69) is 10.1 Å². The highest BCUT2D eigenvalue weighted by Crippen LogP contribution is 2.27. The molecule has 0 aliphatic carbocycles. The quantitative estimate of drug-likeness (QED) is 0.530. The molecular formula is C22H24Cl2N4O2. The highest BCUT2D eigenvalue weighted by Gasteiger charge is 2.18. The van der Waals surface area contributed by atoms with E-state index in [0.717, 1.165) is 38.4 Å². The zero-order valence-electron chi connectivity index (χ0n) is 16.5. The lowest BCUT2D eigenvalue weighted by Gasteiger charge is -2.23. The van der Waals surface area contributed by atoms with Gasteiger partial charge in [-0.1, -0.05) is 41.9 Å². The summed E-state index contributed by atoms with van der Waals surface area (Å²) in [5.41, 5.74) is 1.58. The fraction of sp³-hybridized carbons (Fsp3) is 0.273. The Balaban J connectivity index is 0.00000256. The number of phenols is 1. The highest BCUT2D eigenvalue weighted by molar-refractivity contribution is 6.32. The number of halogens is 2. The third kappa shape index (κ3) is 5.40. The summed E-state index contributed by atoms with van der Waals surface area (Å²) in [6.45, 7) is 5.24. The van der Waals surface area contributed by atoms with Gasteiger partial charge < -0.3 is 27.2 Å². The average Bonchev–Trinajstić information content (AvgIpc) is 3.15. The number of aromatic nitrogens is 3. The Kier molecular flexibility index (Phi) is 7.87. The number of ether oxygens (including phenoxy) is 1. The molecule has 6 nitrogen and oxygen atoms in total. The average molecular weight is 447 g/mol. The first kappa shape index (κ1) is 22.3. The molecule has 0 atom stereocenters. The second kappa shape index (κ2) is 10.6. The third-order valence-electron chi connectivity index (χ3n) is 5.03. The van der Waals surface area contributed by atoms with Crippen molar-refractivity contribution in [2.75, 3.05) is 32.8 Å². The van der Waals surface area contributed by atoms with Gasteiger partial charge in [0, 0.05) is 5.02 Å². The van der Waals surface area contributed by atoms with Gasteiger partial charge in [0.15, 0.2) is 11.6 Å². The van der Waals surface area contributed by atoms with Crippen molar-refractivity contribution in [3.8, 4) is 17.1 Å². The SMILES string of the molecule is Oc1ccccc1-c1nc(/C=C/c2ccccc2Cl)nn1CC[NH+]1CCOCC1.[Cl-]. The van der Waals surface area contributed by atoms with Crippen LogP contribution >= 0.6 is 11.6 Å². The van der Waals surface area contributed by atoms with Crippen molar-refractivity contribution < 1.29 is 27.2 Å². The van der Waals surface area contributed by atoms with E-state index in [0.29, 0.717) is 28.8 Å². The topological polar surface area (TPSA) is 64.6 Å². The van der Waals surface area contributed by atoms with Gasteiger partial charge in [0.25, 0.3) is 0 Å². The van der Waals surface area contributed by atoms with Crippen molar-refractivity contribution in [2.24, 2.45) is 0 Å².